The second kappa shape index (κ2) is 17.1. The molecule has 8 nitrogen and oxygen atoms in total. The molecule has 0 radical (unpaired) electrons. The number of hydrogen-bond donors (Lipinski definition) is 0. The number of carbonyl (C=O) groups is 3. The second-order valence-corrected chi connectivity index (χ2v) is 13.8. The number of thiophene rings is 1. The molecule has 2 aromatic carbocycles. The highest BCUT2D eigenvalue weighted by Gasteiger charge is 2.38. The van der Waals surface area contributed by atoms with Crippen LogP contribution >= 0.6 is 23.7 Å². The van der Waals surface area contributed by atoms with Gasteiger partial charge in [-0.3, -0.25) is 4.79 Å². The summed E-state index contributed by atoms with van der Waals surface area (Å²) in [6, 6.07) is 20.6. The van der Waals surface area contributed by atoms with Gasteiger partial charge in [-0.25, -0.2) is 9.59 Å². The van der Waals surface area contributed by atoms with Crippen LogP contribution in [0.25, 0.3) is 10.4 Å². The fraction of sp³-hybridized carbons (Fsp3) is 0.486. The number of rotatable bonds is 10. The summed E-state index contributed by atoms with van der Waals surface area (Å²) >= 11 is 1.30. The summed E-state index contributed by atoms with van der Waals surface area (Å²) in [6.45, 7) is 10.6. The summed E-state index contributed by atoms with van der Waals surface area (Å²) in [6.07, 6.45) is 2.73. The Morgan fingerprint density at radius 3 is 2.09 bits per heavy atom. The molecule has 10 heteroatoms. The molecule has 0 bridgehead atoms. The summed E-state index contributed by atoms with van der Waals surface area (Å²) in [5, 5.41) is 0. The standard InChI is InChI=1S/C37H46N2O6S.ClH/c1-5-38-22-20-30(21-23-38)39(34(40)28-18-16-26(4)17-19-28)31-24-32(27-12-8-6-9-13-27)46-33(31)35(41)44-36(29-14-10-7-11-15-29)45-37(42)43-25(2)3;/h6-15,24-26,28,30,36H,5,16-23H2,1-4H3;1H. The number of ether oxygens (including phenoxy) is 3. The molecule has 1 saturated carbocycles. The highest BCUT2D eigenvalue weighted by molar-refractivity contribution is 7.18. The molecule has 2 heterocycles. The molecule has 5 rings (SSSR count). The van der Waals surface area contributed by atoms with Gasteiger partial charge in [0.15, 0.2) is 0 Å². The van der Waals surface area contributed by atoms with E-state index in [1.165, 1.54) is 11.3 Å². The first-order valence-electron chi connectivity index (χ1n) is 16.6. The number of benzene rings is 2. The fourth-order valence-electron chi connectivity index (χ4n) is 6.37. The molecule has 2 aliphatic rings. The summed E-state index contributed by atoms with van der Waals surface area (Å²) < 4.78 is 16.7. The topological polar surface area (TPSA) is 85.4 Å². The van der Waals surface area contributed by atoms with Crippen LogP contribution in [0.4, 0.5) is 10.5 Å². The number of halogens is 1. The van der Waals surface area contributed by atoms with Gasteiger partial charge < -0.3 is 24.0 Å². The molecule has 1 saturated heterocycles. The molecular formula is C37H47ClN2O6S. The largest absolute Gasteiger partial charge is 0.511 e. The van der Waals surface area contributed by atoms with E-state index in [-0.39, 0.29) is 30.3 Å². The minimum absolute atomic E-state index is 0. The Labute approximate surface area is 288 Å². The van der Waals surface area contributed by atoms with Gasteiger partial charge in [-0.1, -0.05) is 74.5 Å². The zero-order valence-electron chi connectivity index (χ0n) is 27.8. The molecule has 2 fully saturated rings. The fourth-order valence-corrected chi connectivity index (χ4v) is 7.41. The first kappa shape index (κ1) is 36.4. The molecule has 0 spiro atoms. The second-order valence-electron chi connectivity index (χ2n) is 12.7. The molecular weight excluding hydrogens is 636 g/mol. The number of piperidine rings is 1. The van der Waals surface area contributed by atoms with Crippen LogP contribution in [-0.4, -0.2) is 54.7 Å². The molecule has 1 aromatic heterocycles. The SMILES string of the molecule is CCN1CCC(N(C(=O)C2CCC(C)CC2)c2cc(-c3ccccc3)sc2C(=O)OC(OC(=O)OC(C)C)c2ccccc2)CC1.Cl. The Hall–Kier alpha value is -3.40. The first-order chi connectivity index (χ1) is 22.2. The molecule has 3 aromatic rings. The van der Waals surface area contributed by atoms with Gasteiger partial charge in [0.25, 0.3) is 6.29 Å². The number of likely N-dealkylation sites (tertiary alicyclic amines) is 1. The van der Waals surface area contributed by atoms with Gasteiger partial charge in [-0.15, -0.1) is 23.7 Å². The van der Waals surface area contributed by atoms with Gasteiger partial charge in [0, 0.05) is 35.5 Å². The Kier molecular flexibility index (Phi) is 13.3. The van der Waals surface area contributed by atoms with Crippen molar-refractivity contribution in [2.75, 3.05) is 24.5 Å². The number of carbonyl (C=O) groups excluding carboxylic acids is 3. The van der Waals surface area contributed by atoms with Crippen LogP contribution in [0.5, 0.6) is 0 Å². The molecule has 47 heavy (non-hydrogen) atoms. The monoisotopic (exact) mass is 682 g/mol. The average molecular weight is 683 g/mol. The third-order valence-electron chi connectivity index (χ3n) is 9.01. The molecule has 1 unspecified atom stereocenters. The predicted octanol–water partition coefficient (Wildman–Crippen LogP) is 8.90. The van der Waals surface area contributed by atoms with Crippen molar-refractivity contribution in [1.29, 1.82) is 0 Å². The lowest BCUT2D eigenvalue weighted by Crippen LogP contribution is -2.50. The zero-order valence-corrected chi connectivity index (χ0v) is 29.4. The highest BCUT2D eigenvalue weighted by atomic mass is 35.5. The van der Waals surface area contributed by atoms with E-state index in [2.05, 4.69) is 18.7 Å². The van der Waals surface area contributed by atoms with E-state index in [1.807, 2.05) is 47.4 Å². The molecule has 254 valence electrons. The summed E-state index contributed by atoms with van der Waals surface area (Å²) in [5.41, 5.74) is 2.02. The Bertz CT molecular complexity index is 1450. The minimum atomic E-state index is -1.33. The van der Waals surface area contributed by atoms with Gasteiger partial charge in [0.05, 0.1) is 11.8 Å². The van der Waals surface area contributed by atoms with Crippen molar-refractivity contribution in [2.24, 2.45) is 11.8 Å². The van der Waals surface area contributed by atoms with Gasteiger partial charge in [0.1, 0.15) is 4.88 Å². The van der Waals surface area contributed by atoms with Gasteiger partial charge in [-0.05, 0) is 76.5 Å². The van der Waals surface area contributed by atoms with E-state index in [9.17, 15) is 14.4 Å². The van der Waals surface area contributed by atoms with Crippen molar-refractivity contribution < 1.29 is 28.6 Å². The first-order valence-corrected chi connectivity index (χ1v) is 17.4. The number of nitrogens with zero attached hydrogens (tertiary/aromatic N) is 2. The Morgan fingerprint density at radius 2 is 1.49 bits per heavy atom. The lowest BCUT2D eigenvalue weighted by Gasteiger charge is -2.40. The third-order valence-corrected chi connectivity index (χ3v) is 10.2. The van der Waals surface area contributed by atoms with Crippen molar-refractivity contribution in [1.82, 2.24) is 4.90 Å². The van der Waals surface area contributed by atoms with Crippen molar-refractivity contribution in [3.05, 3.63) is 77.2 Å². The Balaban J connectivity index is 0.00000500. The summed E-state index contributed by atoms with van der Waals surface area (Å²) in [7, 11) is 0. The number of esters is 1. The van der Waals surface area contributed by atoms with Crippen LogP contribution in [0, 0.1) is 11.8 Å². The lowest BCUT2D eigenvalue weighted by atomic mass is 9.82. The molecule has 1 aliphatic carbocycles. The van der Waals surface area contributed by atoms with E-state index in [0.29, 0.717) is 22.0 Å². The smallest absolute Gasteiger partial charge is 0.431 e. The average Bonchev–Trinajstić information content (AvgIpc) is 3.51. The van der Waals surface area contributed by atoms with Crippen LogP contribution < -0.4 is 4.90 Å². The normalized spacial score (nSPS) is 19.3. The zero-order chi connectivity index (χ0) is 32.6. The Morgan fingerprint density at radius 1 is 0.872 bits per heavy atom. The van der Waals surface area contributed by atoms with Crippen molar-refractivity contribution in [3.8, 4) is 10.4 Å². The van der Waals surface area contributed by atoms with Gasteiger partial charge in [-0.2, -0.15) is 0 Å². The van der Waals surface area contributed by atoms with Crippen molar-refractivity contribution in [3.63, 3.8) is 0 Å². The van der Waals surface area contributed by atoms with E-state index in [0.717, 1.165) is 68.6 Å². The maximum Gasteiger partial charge on any atom is 0.511 e. The van der Waals surface area contributed by atoms with E-state index >= 15 is 0 Å². The number of amides is 1. The van der Waals surface area contributed by atoms with Gasteiger partial charge >= 0.3 is 12.1 Å². The van der Waals surface area contributed by atoms with Crippen LogP contribution in [0.1, 0.15) is 87.7 Å². The molecule has 1 amide bonds. The highest BCUT2D eigenvalue weighted by Crippen LogP contribution is 2.42. The van der Waals surface area contributed by atoms with Crippen molar-refractivity contribution in [2.45, 2.75) is 84.7 Å². The van der Waals surface area contributed by atoms with E-state index in [1.54, 1.807) is 38.1 Å². The summed E-state index contributed by atoms with van der Waals surface area (Å²) in [4.78, 5) is 46.9. The van der Waals surface area contributed by atoms with Crippen molar-refractivity contribution >= 4 is 47.5 Å². The third kappa shape index (κ3) is 9.36. The maximum absolute atomic E-state index is 14.5. The van der Waals surface area contributed by atoms with Crippen LogP contribution in [-0.2, 0) is 19.0 Å². The molecule has 0 N–H and O–H groups in total. The van der Waals surface area contributed by atoms with Crippen LogP contribution in [0.2, 0.25) is 0 Å². The molecule has 1 aliphatic heterocycles. The molecule has 1 atom stereocenters. The van der Waals surface area contributed by atoms with E-state index < -0.39 is 24.5 Å². The van der Waals surface area contributed by atoms with Crippen LogP contribution in [0.3, 0.4) is 0 Å². The quantitative estimate of drug-likeness (QED) is 0.156. The van der Waals surface area contributed by atoms with E-state index in [4.69, 9.17) is 14.2 Å². The van der Waals surface area contributed by atoms with Crippen LogP contribution in [0.15, 0.2) is 66.7 Å². The minimum Gasteiger partial charge on any atom is -0.431 e. The summed E-state index contributed by atoms with van der Waals surface area (Å²) in [5.74, 6) is -0.0476. The lowest BCUT2D eigenvalue weighted by molar-refractivity contribution is -0.124. The predicted molar refractivity (Wildman–Crippen MR) is 188 cm³/mol. The number of hydrogen-bond acceptors (Lipinski definition) is 8. The number of anilines is 1. The van der Waals surface area contributed by atoms with Gasteiger partial charge in [0.2, 0.25) is 5.91 Å². The maximum atomic E-state index is 14.5.